The molecule has 3 aromatic carbocycles. The van der Waals surface area contributed by atoms with Gasteiger partial charge in [0.2, 0.25) is 12.7 Å². The molecule has 1 aliphatic rings. The number of anilines is 2. The number of ether oxygens (including phenoxy) is 3. The van der Waals surface area contributed by atoms with E-state index in [2.05, 4.69) is 10.6 Å². The van der Waals surface area contributed by atoms with Crippen LogP contribution < -0.4 is 30.4 Å². The van der Waals surface area contributed by atoms with Crippen LogP contribution in [0.4, 0.5) is 11.4 Å². The van der Waals surface area contributed by atoms with Gasteiger partial charge < -0.3 is 24.8 Å². The molecular weight excluding hydrogens is 470 g/mol. The van der Waals surface area contributed by atoms with Crippen molar-refractivity contribution in [3.63, 3.8) is 0 Å². The molecule has 4 aromatic rings. The highest BCUT2D eigenvalue weighted by molar-refractivity contribution is 6.30. The predicted octanol–water partition coefficient (Wildman–Crippen LogP) is 4.64. The Morgan fingerprint density at radius 1 is 1.00 bits per heavy atom. The van der Waals surface area contributed by atoms with E-state index >= 15 is 0 Å². The second-order valence-electron chi connectivity index (χ2n) is 7.96. The van der Waals surface area contributed by atoms with Gasteiger partial charge in [0.25, 0.3) is 5.56 Å². The number of hydrogen-bond donors (Lipinski definition) is 2. The van der Waals surface area contributed by atoms with Crippen LogP contribution in [0.5, 0.6) is 17.2 Å². The van der Waals surface area contributed by atoms with Gasteiger partial charge in [-0.15, -0.1) is 0 Å². The van der Waals surface area contributed by atoms with Crippen molar-refractivity contribution in [3.8, 4) is 17.2 Å². The lowest BCUT2D eigenvalue weighted by Gasteiger charge is -2.15. The SMILES string of the molecule is COc1ccc(NCc2cc3cc4c(cc3n(CC(=O)Nc3ccc(Cl)cc3)c2=O)OCO4)cc1. The van der Waals surface area contributed by atoms with Crippen molar-refractivity contribution in [2.45, 2.75) is 13.1 Å². The molecule has 9 heteroatoms. The fourth-order valence-electron chi connectivity index (χ4n) is 3.90. The number of rotatable bonds is 7. The zero-order valence-electron chi connectivity index (χ0n) is 18.8. The maximum atomic E-state index is 13.5. The maximum absolute atomic E-state index is 13.5. The average molecular weight is 492 g/mol. The van der Waals surface area contributed by atoms with Crippen molar-refractivity contribution in [2.75, 3.05) is 24.5 Å². The first-order valence-corrected chi connectivity index (χ1v) is 11.3. The molecule has 0 bridgehead atoms. The highest BCUT2D eigenvalue weighted by atomic mass is 35.5. The molecule has 2 N–H and O–H groups in total. The number of benzene rings is 3. The molecule has 0 saturated carbocycles. The second-order valence-corrected chi connectivity index (χ2v) is 8.40. The number of hydrogen-bond acceptors (Lipinski definition) is 6. The van der Waals surface area contributed by atoms with Gasteiger partial charge in [-0.25, -0.2) is 0 Å². The molecule has 0 aliphatic carbocycles. The van der Waals surface area contributed by atoms with Crippen LogP contribution in [-0.4, -0.2) is 24.4 Å². The molecule has 178 valence electrons. The number of methoxy groups -OCH3 is 1. The Morgan fingerprint density at radius 2 is 1.69 bits per heavy atom. The summed E-state index contributed by atoms with van der Waals surface area (Å²) in [4.78, 5) is 26.3. The highest BCUT2D eigenvalue weighted by Gasteiger charge is 2.19. The minimum Gasteiger partial charge on any atom is -0.497 e. The van der Waals surface area contributed by atoms with Crippen LogP contribution in [0.15, 0.2) is 71.5 Å². The van der Waals surface area contributed by atoms with Gasteiger partial charge in [-0.1, -0.05) is 11.6 Å². The van der Waals surface area contributed by atoms with Crippen molar-refractivity contribution in [3.05, 3.63) is 87.7 Å². The maximum Gasteiger partial charge on any atom is 0.256 e. The fraction of sp³-hybridized carbons (Fsp3) is 0.154. The van der Waals surface area contributed by atoms with Gasteiger partial charge in [0, 0.05) is 40.0 Å². The fourth-order valence-corrected chi connectivity index (χ4v) is 4.02. The lowest BCUT2D eigenvalue weighted by Crippen LogP contribution is -2.30. The van der Waals surface area contributed by atoms with Gasteiger partial charge in [0.1, 0.15) is 12.3 Å². The van der Waals surface area contributed by atoms with Gasteiger partial charge in [-0.05, 0) is 60.7 Å². The monoisotopic (exact) mass is 491 g/mol. The molecule has 0 atom stereocenters. The van der Waals surface area contributed by atoms with Crippen LogP contribution >= 0.6 is 11.6 Å². The number of nitrogens with zero attached hydrogens (tertiary/aromatic N) is 1. The van der Waals surface area contributed by atoms with Crippen LogP contribution in [0.2, 0.25) is 5.02 Å². The highest BCUT2D eigenvalue weighted by Crippen LogP contribution is 2.36. The van der Waals surface area contributed by atoms with Crippen LogP contribution in [0.3, 0.4) is 0 Å². The zero-order chi connectivity index (χ0) is 24.4. The third-order valence-corrected chi connectivity index (χ3v) is 5.92. The molecule has 0 unspecified atom stereocenters. The van der Waals surface area contributed by atoms with E-state index in [9.17, 15) is 9.59 Å². The Bertz CT molecular complexity index is 1450. The summed E-state index contributed by atoms with van der Waals surface area (Å²) in [5.74, 6) is 1.54. The summed E-state index contributed by atoms with van der Waals surface area (Å²) in [6, 6.07) is 19.6. The minimum absolute atomic E-state index is 0.110. The van der Waals surface area contributed by atoms with Gasteiger partial charge in [0.05, 0.1) is 12.6 Å². The molecule has 8 nitrogen and oxygen atoms in total. The van der Waals surface area contributed by atoms with Crippen LogP contribution in [-0.2, 0) is 17.9 Å². The van der Waals surface area contributed by atoms with Gasteiger partial charge in [0.15, 0.2) is 11.5 Å². The summed E-state index contributed by atoms with van der Waals surface area (Å²) in [5.41, 5.74) is 2.24. The zero-order valence-corrected chi connectivity index (χ0v) is 19.6. The number of halogens is 1. The summed E-state index contributed by atoms with van der Waals surface area (Å²) in [7, 11) is 1.61. The van der Waals surface area contributed by atoms with Crippen molar-refractivity contribution in [1.82, 2.24) is 4.57 Å². The summed E-state index contributed by atoms with van der Waals surface area (Å²) >= 11 is 5.92. The molecule has 0 spiro atoms. The van der Waals surface area contributed by atoms with E-state index in [0.717, 1.165) is 16.8 Å². The third kappa shape index (κ3) is 4.88. The minimum atomic E-state index is -0.339. The van der Waals surface area contributed by atoms with Gasteiger partial charge in [-0.3, -0.25) is 14.2 Å². The predicted molar refractivity (Wildman–Crippen MR) is 135 cm³/mol. The molecule has 2 heterocycles. The molecule has 1 aromatic heterocycles. The Labute approximate surface area is 206 Å². The first-order valence-electron chi connectivity index (χ1n) is 10.9. The summed E-state index contributed by atoms with van der Waals surface area (Å²) in [5, 5.41) is 7.40. The largest absolute Gasteiger partial charge is 0.497 e. The molecule has 0 radical (unpaired) electrons. The Hall–Kier alpha value is -4.17. The van der Waals surface area contributed by atoms with E-state index in [0.29, 0.717) is 33.3 Å². The average Bonchev–Trinajstić information content (AvgIpc) is 3.33. The number of carbonyl (C=O) groups is 1. The smallest absolute Gasteiger partial charge is 0.256 e. The second kappa shape index (κ2) is 9.60. The number of nitrogens with one attached hydrogen (secondary N) is 2. The summed E-state index contributed by atoms with van der Waals surface area (Å²) in [6.45, 7) is 0.209. The molecule has 0 fully saturated rings. The Morgan fingerprint density at radius 3 is 2.40 bits per heavy atom. The van der Waals surface area contributed by atoms with Crippen LogP contribution in [0.25, 0.3) is 10.9 Å². The molecule has 35 heavy (non-hydrogen) atoms. The van der Waals surface area contributed by atoms with Crippen LogP contribution in [0, 0.1) is 0 Å². The van der Waals surface area contributed by atoms with E-state index in [4.69, 9.17) is 25.8 Å². The van der Waals surface area contributed by atoms with Crippen molar-refractivity contribution < 1.29 is 19.0 Å². The lowest BCUT2D eigenvalue weighted by atomic mass is 10.1. The Kier molecular flexibility index (Phi) is 6.20. The standard InChI is InChI=1S/C26H22ClN3O5/c1-33-21-8-6-19(7-9-21)28-13-17-10-16-11-23-24(35-15-34-23)12-22(16)30(26(17)32)14-25(31)29-20-4-2-18(27)3-5-20/h2-12,28H,13-15H2,1H3,(H,29,31). The van der Waals surface area contributed by atoms with Gasteiger partial charge in [-0.2, -0.15) is 0 Å². The summed E-state index contributed by atoms with van der Waals surface area (Å²) in [6.07, 6.45) is 0. The molecule has 1 amide bonds. The first-order chi connectivity index (χ1) is 17.0. The van der Waals surface area contributed by atoms with Crippen LogP contribution in [0.1, 0.15) is 5.56 Å². The molecule has 5 rings (SSSR count). The number of pyridine rings is 1. The van der Waals surface area contributed by atoms with E-state index in [-0.39, 0.29) is 31.3 Å². The van der Waals surface area contributed by atoms with E-state index in [1.54, 1.807) is 37.4 Å². The van der Waals surface area contributed by atoms with E-state index in [1.807, 2.05) is 36.4 Å². The number of carbonyl (C=O) groups excluding carboxylic acids is 1. The number of amides is 1. The van der Waals surface area contributed by atoms with Crippen molar-refractivity contribution in [1.29, 1.82) is 0 Å². The third-order valence-electron chi connectivity index (χ3n) is 5.66. The van der Waals surface area contributed by atoms with E-state index < -0.39 is 0 Å². The summed E-state index contributed by atoms with van der Waals surface area (Å²) < 4.78 is 17.6. The number of fused-ring (bicyclic) bond motifs is 2. The topological polar surface area (TPSA) is 90.8 Å². The van der Waals surface area contributed by atoms with E-state index in [1.165, 1.54) is 4.57 Å². The number of aromatic nitrogens is 1. The molecule has 1 aliphatic heterocycles. The molecule has 0 saturated heterocycles. The Balaban J connectivity index is 1.47. The van der Waals surface area contributed by atoms with Crippen molar-refractivity contribution >= 4 is 39.8 Å². The van der Waals surface area contributed by atoms with Gasteiger partial charge >= 0.3 is 0 Å². The quantitative estimate of drug-likeness (QED) is 0.391. The van der Waals surface area contributed by atoms with Crippen molar-refractivity contribution in [2.24, 2.45) is 0 Å². The molecular formula is C26H22ClN3O5. The lowest BCUT2D eigenvalue weighted by molar-refractivity contribution is -0.116. The first kappa shape index (κ1) is 22.6. The normalized spacial score (nSPS) is 11.9.